The highest BCUT2D eigenvalue weighted by Gasteiger charge is 2.46. The van der Waals surface area contributed by atoms with E-state index < -0.39 is 17.6 Å². The first kappa shape index (κ1) is 24.7. The molecule has 7 nitrogen and oxygen atoms in total. The molecule has 5 rings (SSSR count). The summed E-state index contributed by atoms with van der Waals surface area (Å²) in [4.78, 5) is 22.8. The lowest BCUT2D eigenvalue weighted by Crippen LogP contribution is -2.44. The van der Waals surface area contributed by atoms with E-state index in [-0.39, 0.29) is 24.4 Å². The van der Waals surface area contributed by atoms with E-state index in [9.17, 15) is 9.90 Å². The molecule has 1 aromatic carbocycles. The maximum atomic E-state index is 13.8. The van der Waals surface area contributed by atoms with E-state index in [1.54, 1.807) is 16.2 Å². The van der Waals surface area contributed by atoms with E-state index >= 15 is 0 Å². The molecule has 190 valence electrons. The number of hydrogen-bond donors (Lipinski definition) is 1. The molecular formula is C28H33N3O4S. The Morgan fingerprint density at radius 1 is 1.22 bits per heavy atom. The summed E-state index contributed by atoms with van der Waals surface area (Å²) in [6, 6.07) is 12.1. The van der Waals surface area contributed by atoms with Crippen LogP contribution in [0.1, 0.15) is 62.1 Å². The summed E-state index contributed by atoms with van der Waals surface area (Å²) in [5.41, 5.74) is 4.40. The van der Waals surface area contributed by atoms with Gasteiger partial charge in [-0.2, -0.15) is 0 Å². The van der Waals surface area contributed by atoms with Gasteiger partial charge in [0.1, 0.15) is 11.7 Å². The molecule has 2 aliphatic rings. The van der Waals surface area contributed by atoms with Gasteiger partial charge in [0.05, 0.1) is 23.6 Å². The first-order chi connectivity index (χ1) is 17.2. The minimum atomic E-state index is -0.625. The second-order valence-corrected chi connectivity index (χ2v) is 11.5. The fourth-order valence-electron chi connectivity index (χ4n) is 5.36. The van der Waals surface area contributed by atoms with Crippen LogP contribution in [0.2, 0.25) is 0 Å². The molecule has 4 heterocycles. The summed E-state index contributed by atoms with van der Waals surface area (Å²) in [6.07, 6.45) is 0.395. The van der Waals surface area contributed by atoms with Crippen LogP contribution in [0.4, 0.5) is 0 Å². The molecule has 0 spiro atoms. The third-order valence-corrected chi connectivity index (χ3v) is 8.40. The average molecular weight is 508 g/mol. The molecule has 1 amide bonds. The Hall–Kier alpha value is -2.97. The predicted octanol–water partition coefficient (Wildman–Crippen LogP) is 5.41. The molecule has 1 fully saturated rings. The number of amides is 1. The summed E-state index contributed by atoms with van der Waals surface area (Å²) < 4.78 is 5.48. The van der Waals surface area contributed by atoms with Crippen LogP contribution in [0, 0.1) is 19.8 Å². The summed E-state index contributed by atoms with van der Waals surface area (Å²) in [6.45, 7) is 10.3. The molecule has 1 unspecified atom stereocenters. The van der Waals surface area contributed by atoms with Gasteiger partial charge in [0.15, 0.2) is 5.60 Å². The zero-order valence-electron chi connectivity index (χ0n) is 21.4. The van der Waals surface area contributed by atoms with Crippen molar-refractivity contribution in [2.75, 3.05) is 6.54 Å². The summed E-state index contributed by atoms with van der Waals surface area (Å²) >= 11 is 1.74. The normalized spacial score (nSPS) is 24.8. The number of likely N-dealkylation sites (tertiary alicyclic amines) is 1. The number of aromatic nitrogens is 1. The van der Waals surface area contributed by atoms with Gasteiger partial charge >= 0.3 is 0 Å². The molecular weight excluding hydrogens is 474 g/mol. The maximum Gasteiger partial charge on any atom is 0.234 e. The van der Waals surface area contributed by atoms with Crippen LogP contribution < -0.4 is 0 Å². The van der Waals surface area contributed by atoms with E-state index in [0.29, 0.717) is 18.6 Å². The number of aryl methyl sites for hydroxylation is 2. The molecule has 4 atom stereocenters. The highest BCUT2D eigenvalue weighted by molar-refractivity contribution is 7.13. The number of oxime groups is 1. The highest BCUT2D eigenvalue weighted by Crippen LogP contribution is 2.40. The van der Waals surface area contributed by atoms with Crippen molar-refractivity contribution in [2.45, 2.75) is 71.1 Å². The van der Waals surface area contributed by atoms with Crippen LogP contribution >= 0.6 is 11.3 Å². The summed E-state index contributed by atoms with van der Waals surface area (Å²) in [5, 5.41) is 21.1. The molecule has 2 aromatic heterocycles. The quantitative estimate of drug-likeness (QED) is 0.482. The number of aliphatic hydroxyl groups is 1. The van der Waals surface area contributed by atoms with Crippen molar-refractivity contribution >= 4 is 23.0 Å². The molecule has 1 saturated heterocycles. The minimum Gasteiger partial charge on any atom is -0.391 e. The molecule has 3 aromatic rings. The number of benzene rings is 1. The number of carbonyl (C=O) groups excluding carboxylic acids is 1. The van der Waals surface area contributed by atoms with Gasteiger partial charge in [0.2, 0.25) is 5.91 Å². The highest BCUT2D eigenvalue weighted by atomic mass is 32.1. The van der Waals surface area contributed by atoms with E-state index in [1.165, 1.54) is 16.0 Å². The molecule has 0 bridgehead atoms. The second-order valence-electron chi connectivity index (χ2n) is 10.6. The van der Waals surface area contributed by atoms with Gasteiger partial charge in [0, 0.05) is 30.3 Å². The average Bonchev–Trinajstić information content (AvgIpc) is 3.62. The van der Waals surface area contributed by atoms with Crippen LogP contribution in [0.5, 0.6) is 0 Å². The number of β-amino-alcohol motifs (C(OH)–C–C–N with tert-alkyl or cyclic N) is 1. The van der Waals surface area contributed by atoms with Crippen molar-refractivity contribution in [2.24, 2.45) is 11.1 Å². The van der Waals surface area contributed by atoms with Crippen LogP contribution in [0.3, 0.4) is 0 Å². The molecule has 1 N–H and O–H groups in total. The van der Waals surface area contributed by atoms with Gasteiger partial charge < -0.3 is 19.4 Å². The van der Waals surface area contributed by atoms with E-state index in [0.717, 1.165) is 17.0 Å². The molecule has 0 saturated carbocycles. The molecule has 0 radical (unpaired) electrons. The Labute approximate surface area is 215 Å². The van der Waals surface area contributed by atoms with Crippen molar-refractivity contribution in [1.82, 2.24) is 10.1 Å². The van der Waals surface area contributed by atoms with Crippen molar-refractivity contribution in [1.29, 1.82) is 0 Å². The Balaban J connectivity index is 1.35. The van der Waals surface area contributed by atoms with Gasteiger partial charge in [0.25, 0.3) is 0 Å². The van der Waals surface area contributed by atoms with Gasteiger partial charge in [-0.25, -0.2) is 0 Å². The first-order valence-electron chi connectivity index (χ1n) is 12.5. The second kappa shape index (κ2) is 9.48. The lowest BCUT2D eigenvalue weighted by molar-refractivity contribution is -0.134. The number of hydrogen-bond acceptors (Lipinski definition) is 7. The van der Waals surface area contributed by atoms with Crippen LogP contribution in [-0.2, 0) is 15.2 Å². The third-order valence-electron chi connectivity index (χ3n) is 7.33. The van der Waals surface area contributed by atoms with Crippen LogP contribution in [0.15, 0.2) is 51.5 Å². The van der Waals surface area contributed by atoms with Crippen molar-refractivity contribution < 1.29 is 19.3 Å². The topological polar surface area (TPSA) is 88.2 Å². The fraction of sp³-hybridized carbons (Fsp3) is 0.464. The Morgan fingerprint density at radius 3 is 2.58 bits per heavy atom. The monoisotopic (exact) mass is 507 g/mol. The Morgan fingerprint density at radius 2 is 1.97 bits per heavy atom. The SMILES string of the molecule is Cc1cc([C@H](C(=O)N2C[C@H](O)C[C@H]2C2=NOC(C)(c3ccc(-c4sccc4C)cc3)C2)C(C)C)on1. The first-order valence-corrected chi connectivity index (χ1v) is 13.4. The van der Waals surface area contributed by atoms with E-state index in [1.807, 2.05) is 33.8 Å². The Kier molecular flexibility index (Phi) is 6.51. The predicted molar refractivity (Wildman–Crippen MR) is 140 cm³/mol. The zero-order chi connectivity index (χ0) is 25.6. The van der Waals surface area contributed by atoms with Crippen molar-refractivity contribution in [3.63, 3.8) is 0 Å². The largest absolute Gasteiger partial charge is 0.391 e. The van der Waals surface area contributed by atoms with Gasteiger partial charge in [-0.3, -0.25) is 4.79 Å². The smallest absolute Gasteiger partial charge is 0.234 e. The minimum absolute atomic E-state index is 0.0146. The zero-order valence-corrected chi connectivity index (χ0v) is 22.2. The lowest BCUT2D eigenvalue weighted by atomic mass is 9.87. The lowest BCUT2D eigenvalue weighted by Gasteiger charge is -2.29. The molecule has 2 aliphatic heterocycles. The van der Waals surface area contributed by atoms with Crippen LogP contribution in [0.25, 0.3) is 10.4 Å². The standard InChI is InChI=1S/C28H33N3O4S/c1-16(2)25(24-12-18(4)29-34-24)27(33)31-15-21(32)13-23(31)22-14-28(5,35-30-22)20-8-6-19(7-9-20)26-17(3)10-11-36-26/h6-12,16,21,23,25,32H,13-15H2,1-5H3/t21-,23+,25-,28?/m1/s1. The summed E-state index contributed by atoms with van der Waals surface area (Å²) in [5.74, 6) is 0.0279. The van der Waals surface area contributed by atoms with Crippen molar-refractivity contribution in [3.8, 4) is 10.4 Å². The number of rotatable bonds is 6. The molecule has 36 heavy (non-hydrogen) atoms. The van der Waals surface area contributed by atoms with Gasteiger partial charge in [-0.05, 0) is 54.8 Å². The molecule has 8 heteroatoms. The van der Waals surface area contributed by atoms with E-state index in [2.05, 4.69) is 52.9 Å². The fourth-order valence-corrected chi connectivity index (χ4v) is 6.30. The summed E-state index contributed by atoms with van der Waals surface area (Å²) in [7, 11) is 0. The number of aliphatic hydroxyl groups excluding tert-OH is 1. The number of carbonyl (C=O) groups is 1. The van der Waals surface area contributed by atoms with Gasteiger partial charge in [-0.1, -0.05) is 48.4 Å². The van der Waals surface area contributed by atoms with E-state index in [4.69, 9.17) is 9.36 Å². The number of thiophene rings is 1. The maximum absolute atomic E-state index is 13.8. The van der Waals surface area contributed by atoms with Crippen molar-refractivity contribution in [3.05, 3.63) is 64.4 Å². The molecule has 0 aliphatic carbocycles. The Bertz CT molecular complexity index is 1280. The van der Waals surface area contributed by atoms with Crippen LogP contribution in [-0.4, -0.2) is 45.5 Å². The van der Waals surface area contributed by atoms with Gasteiger partial charge in [-0.15, -0.1) is 11.3 Å². The number of nitrogens with zero attached hydrogens (tertiary/aromatic N) is 3. The third kappa shape index (κ3) is 4.48.